The zero-order chi connectivity index (χ0) is 20.2. The molecule has 1 aliphatic rings. The van der Waals surface area contributed by atoms with Crippen molar-refractivity contribution in [2.75, 3.05) is 6.61 Å². The van der Waals surface area contributed by atoms with E-state index in [1.165, 1.54) is 70.6 Å². The van der Waals surface area contributed by atoms with Crippen LogP contribution in [-0.4, -0.2) is 21.6 Å². The largest absolute Gasteiger partial charge is 0.478 e. The molecule has 4 heteroatoms. The van der Waals surface area contributed by atoms with E-state index < -0.39 is 0 Å². The third kappa shape index (κ3) is 8.51. The summed E-state index contributed by atoms with van der Waals surface area (Å²) >= 11 is 0. The van der Waals surface area contributed by atoms with E-state index in [1.807, 2.05) is 30.7 Å². The van der Waals surface area contributed by atoms with E-state index in [4.69, 9.17) is 4.74 Å². The van der Waals surface area contributed by atoms with Gasteiger partial charge in [0, 0.05) is 24.0 Å². The minimum Gasteiger partial charge on any atom is -0.478 e. The lowest BCUT2D eigenvalue weighted by molar-refractivity contribution is 0.293. The molecule has 2 aromatic heterocycles. The number of hydrogen-bond donors (Lipinski definition) is 0. The van der Waals surface area contributed by atoms with Crippen LogP contribution in [0.5, 0.6) is 5.88 Å². The Morgan fingerprint density at radius 2 is 1.66 bits per heavy atom. The van der Waals surface area contributed by atoms with Crippen LogP contribution in [0.4, 0.5) is 0 Å². The summed E-state index contributed by atoms with van der Waals surface area (Å²) in [6.07, 6.45) is 22.5. The summed E-state index contributed by atoms with van der Waals surface area (Å²) in [5.74, 6) is 1.76. The molecule has 0 N–H and O–H groups in total. The van der Waals surface area contributed by atoms with Gasteiger partial charge >= 0.3 is 0 Å². The van der Waals surface area contributed by atoms with Crippen molar-refractivity contribution in [2.45, 2.75) is 90.4 Å². The predicted molar refractivity (Wildman–Crippen MR) is 119 cm³/mol. The van der Waals surface area contributed by atoms with Crippen LogP contribution in [0, 0.1) is 5.92 Å². The van der Waals surface area contributed by atoms with Gasteiger partial charge in [-0.15, -0.1) is 0 Å². The minimum absolute atomic E-state index is 0.698. The molecule has 0 aromatic carbocycles. The number of hydrogen-bond acceptors (Lipinski definition) is 4. The van der Waals surface area contributed by atoms with Crippen LogP contribution in [0.1, 0.15) is 89.7 Å². The second kappa shape index (κ2) is 12.6. The fraction of sp³-hybridized carbons (Fsp3) is 0.640. The summed E-state index contributed by atoms with van der Waals surface area (Å²) in [5, 5.41) is 0. The molecule has 3 rings (SSSR count). The predicted octanol–water partition coefficient (Wildman–Crippen LogP) is 6.79. The fourth-order valence-corrected chi connectivity index (χ4v) is 3.63. The Morgan fingerprint density at radius 3 is 2.38 bits per heavy atom. The number of unbranched alkanes of at least 4 members (excludes halogenated alkanes) is 7. The highest BCUT2D eigenvalue weighted by molar-refractivity contribution is 5.56. The van der Waals surface area contributed by atoms with Gasteiger partial charge < -0.3 is 4.74 Å². The molecule has 0 spiro atoms. The van der Waals surface area contributed by atoms with Crippen LogP contribution >= 0.6 is 0 Å². The van der Waals surface area contributed by atoms with Crippen molar-refractivity contribution in [3.05, 3.63) is 36.4 Å². The maximum Gasteiger partial charge on any atom is 0.213 e. The number of nitrogens with zero attached hydrogens (tertiary/aromatic N) is 3. The van der Waals surface area contributed by atoms with Gasteiger partial charge in [-0.1, -0.05) is 71.1 Å². The third-order valence-electron chi connectivity index (χ3n) is 5.73. The van der Waals surface area contributed by atoms with Crippen molar-refractivity contribution in [1.82, 2.24) is 15.0 Å². The van der Waals surface area contributed by atoms with Crippen molar-refractivity contribution in [3.63, 3.8) is 0 Å². The van der Waals surface area contributed by atoms with Crippen molar-refractivity contribution in [1.29, 1.82) is 0 Å². The molecule has 158 valence electrons. The summed E-state index contributed by atoms with van der Waals surface area (Å²) < 4.78 is 5.78. The normalized spacial score (nSPS) is 13.6. The summed E-state index contributed by atoms with van der Waals surface area (Å²) in [5.41, 5.74) is 2.93. The quantitative estimate of drug-likeness (QED) is 0.311. The second-order valence-electron chi connectivity index (χ2n) is 8.44. The monoisotopic (exact) mass is 395 g/mol. The maximum atomic E-state index is 5.78. The lowest BCUT2D eigenvalue weighted by Gasteiger charge is -2.07. The first kappa shape index (κ1) is 21.7. The van der Waals surface area contributed by atoms with Crippen molar-refractivity contribution < 1.29 is 4.74 Å². The molecule has 1 fully saturated rings. The molecule has 1 saturated carbocycles. The minimum atomic E-state index is 0.698. The van der Waals surface area contributed by atoms with Crippen molar-refractivity contribution in [3.8, 4) is 17.1 Å². The van der Waals surface area contributed by atoms with Crippen molar-refractivity contribution >= 4 is 0 Å². The number of rotatable bonds is 15. The van der Waals surface area contributed by atoms with Gasteiger partial charge in [0.05, 0.1) is 24.2 Å². The molecule has 0 amide bonds. The molecule has 4 nitrogen and oxygen atoms in total. The number of aryl methyl sites for hydroxylation is 1. The molecule has 0 radical (unpaired) electrons. The van der Waals surface area contributed by atoms with Gasteiger partial charge in [0.25, 0.3) is 0 Å². The van der Waals surface area contributed by atoms with E-state index in [-0.39, 0.29) is 0 Å². The van der Waals surface area contributed by atoms with E-state index in [0.29, 0.717) is 5.88 Å². The number of ether oxygens (including phenoxy) is 1. The first-order chi connectivity index (χ1) is 14.3. The number of pyridine rings is 1. The zero-order valence-corrected chi connectivity index (χ0v) is 18.1. The van der Waals surface area contributed by atoms with Gasteiger partial charge in [0.2, 0.25) is 5.88 Å². The van der Waals surface area contributed by atoms with Crippen LogP contribution in [-0.2, 0) is 6.42 Å². The Hall–Kier alpha value is -1.97. The molecular weight excluding hydrogens is 358 g/mol. The van der Waals surface area contributed by atoms with E-state index in [9.17, 15) is 0 Å². The van der Waals surface area contributed by atoms with Crippen LogP contribution in [0.2, 0.25) is 0 Å². The Kier molecular flexibility index (Phi) is 9.41. The molecule has 0 atom stereocenters. The highest BCUT2D eigenvalue weighted by Gasteiger charge is 2.19. The third-order valence-corrected chi connectivity index (χ3v) is 5.73. The van der Waals surface area contributed by atoms with Gasteiger partial charge in [-0.25, -0.2) is 4.98 Å². The average Bonchev–Trinajstić information content (AvgIpc) is 3.58. The average molecular weight is 396 g/mol. The molecule has 2 heterocycles. The first-order valence-corrected chi connectivity index (χ1v) is 11.8. The Balaban J connectivity index is 1.33. The highest BCUT2D eigenvalue weighted by Crippen LogP contribution is 2.34. The fourth-order valence-electron chi connectivity index (χ4n) is 3.63. The van der Waals surface area contributed by atoms with Crippen LogP contribution in [0.3, 0.4) is 0 Å². The number of aromatic nitrogens is 3. The lowest BCUT2D eigenvalue weighted by atomic mass is 10.1. The second-order valence-corrected chi connectivity index (χ2v) is 8.44. The summed E-state index contributed by atoms with van der Waals surface area (Å²) in [6, 6.07) is 3.96. The Morgan fingerprint density at radius 1 is 0.828 bits per heavy atom. The van der Waals surface area contributed by atoms with Gasteiger partial charge in [0.1, 0.15) is 0 Å². The summed E-state index contributed by atoms with van der Waals surface area (Å²) in [7, 11) is 0. The Labute approximate surface area is 176 Å². The smallest absolute Gasteiger partial charge is 0.213 e. The molecule has 0 bridgehead atoms. The van der Waals surface area contributed by atoms with Gasteiger partial charge in [-0.2, -0.15) is 0 Å². The van der Waals surface area contributed by atoms with E-state index in [1.54, 1.807) is 0 Å². The molecule has 0 saturated heterocycles. The molecule has 0 aliphatic heterocycles. The molecular formula is C25H37N3O. The molecule has 1 aliphatic carbocycles. The van der Waals surface area contributed by atoms with Gasteiger partial charge in [-0.05, 0) is 31.2 Å². The van der Waals surface area contributed by atoms with Crippen LogP contribution < -0.4 is 4.74 Å². The SMILES string of the molecule is CCCCCCCc1cnc(-c2ccc(OCCCCCCC3CC3)nc2)cn1. The topological polar surface area (TPSA) is 47.9 Å². The first-order valence-electron chi connectivity index (χ1n) is 11.8. The molecule has 0 unspecified atom stereocenters. The maximum absolute atomic E-state index is 5.78. The van der Waals surface area contributed by atoms with Crippen LogP contribution in [0.15, 0.2) is 30.7 Å². The van der Waals surface area contributed by atoms with Crippen molar-refractivity contribution in [2.24, 2.45) is 5.92 Å². The van der Waals surface area contributed by atoms with E-state index >= 15 is 0 Å². The zero-order valence-electron chi connectivity index (χ0n) is 18.1. The summed E-state index contributed by atoms with van der Waals surface area (Å²) in [4.78, 5) is 13.6. The lowest BCUT2D eigenvalue weighted by Crippen LogP contribution is -1.99. The standard InChI is InChI=1S/C25H37N3O/c1-2-3-4-5-9-12-23-19-27-24(20-26-23)22-15-16-25(28-18-22)29-17-10-7-6-8-11-21-13-14-21/h15-16,18-21H,2-14,17H2,1H3. The highest BCUT2D eigenvalue weighted by atomic mass is 16.5. The van der Waals surface area contributed by atoms with E-state index in [2.05, 4.69) is 21.9 Å². The molecule has 2 aromatic rings. The molecule has 29 heavy (non-hydrogen) atoms. The Bertz CT molecular complexity index is 680. The van der Waals surface area contributed by atoms with Gasteiger partial charge in [0.15, 0.2) is 0 Å². The summed E-state index contributed by atoms with van der Waals surface area (Å²) in [6.45, 7) is 3.00. The van der Waals surface area contributed by atoms with E-state index in [0.717, 1.165) is 42.3 Å². The van der Waals surface area contributed by atoms with Crippen LogP contribution in [0.25, 0.3) is 11.3 Å². The van der Waals surface area contributed by atoms with Gasteiger partial charge in [-0.3, -0.25) is 9.97 Å².